The molecule has 0 atom stereocenters. The quantitative estimate of drug-likeness (QED) is 0.393. The molecular weight excluding hydrogens is 190 g/mol. The van der Waals surface area contributed by atoms with Crippen LogP contribution in [0.5, 0.6) is 0 Å². The zero-order valence-corrected chi connectivity index (χ0v) is 7.63. The molecule has 0 aliphatic heterocycles. The molecule has 0 spiro atoms. The number of benzene rings is 1. The third kappa shape index (κ3) is 1.98. The highest BCUT2D eigenvalue weighted by atomic mass is 35.5. The van der Waals surface area contributed by atoms with Gasteiger partial charge in [0.25, 0.3) is 5.69 Å². The van der Waals surface area contributed by atoms with Crippen molar-refractivity contribution in [3.63, 3.8) is 0 Å². The first-order chi connectivity index (χ1) is 6.16. The lowest BCUT2D eigenvalue weighted by molar-refractivity contribution is -0.385. The van der Waals surface area contributed by atoms with Gasteiger partial charge in [0.1, 0.15) is 5.56 Å². The molecule has 66 valence electrons. The number of nitro groups is 1. The van der Waals surface area contributed by atoms with Crippen LogP contribution in [0.2, 0.25) is 5.02 Å². The smallest absolute Gasteiger partial charge is 0.258 e. The van der Waals surface area contributed by atoms with Gasteiger partial charge in [-0.25, -0.2) is 0 Å². The Morgan fingerprint density at radius 1 is 1.54 bits per heavy atom. The highest BCUT2D eigenvalue weighted by Gasteiger charge is 2.13. The summed E-state index contributed by atoms with van der Waals surface area (Å²) in [6, 6.07) is 4.49. The molecule has 4 heteroatoms. The Morgan fingerprint density at radius 2 is 2.23 bits per heavy atom. The van der Waals surface area contributed by atoms with E-state index in [1.165, 1.54) is 12.1 Å². The summed E-state index contributed by atoms with van der Waals surface area (Å²) in [5.41, 5.74) is 0.221. The summed E-state index contributed by atoms with van der Waals surface area (Å²) in [5, 5.41) is 10.8. The molecule has 0 bridgehead atoms. The maximum absolute atomic E-state index is 10.5. The van der Waals surface area contributed by atoms with Crippen LogP contribution in [0, 0.1) is 22.0 Å². The summed E-state index contributed by atoms with van der Waals surface area (Å²) in [4.78, 5) is 10.0. The van der Waals surface area contributed by atoms with E-state index in [-0.39, 0.29) is 11.3 Å². The molecule has 0 unspecified atom stereocenters. The summed E-state index contributed by atoms with van der Waals surface area (Å²) >= 11 is 5.75. The fourth-order valence-electron chi connectivity index (χ4n) is 0.914. The van der Waals surface area contributed by atoms with Gasteiger partial charge in [0.2, 0.25) is 0 Å². The first-order valence-corrected chi connectivity index (χ1v) is 3.90. The van der Waals surface area contributed by atoms with Crippen LogP contribution >= 0.6 is 11.6 Å². The molecule has 0 heterocycles. The minimum atomic E-state index is -0.494. The van der Waals surface area contributed by atoms with Crippen LogP contribution in [-0.2, 0) is 0 Å². The Labute approximate surface area is 80.5 Å². The molecular formula is C9H6ClNO2. The lowest BCUT2D eigenvalue weighted by Gasteiger charge is -1.96. The van der Waals surface area contributed by atoms with Crippen LogP contribution in [0.3, 0.4) is 0 Å². The van der Waals surface area contributed by atoms with Crippen molar-refractivity contribution >= 4 is 17.3 Å². The zero-order valence-electron chi connectivity index (χ0n) is 6.87. The van der Waals surface area contributed by atoms with E-state index in [1.807, 2.05) is 0 Å². The van der Waals surface area contributed by atoms with E-state index in [4.69, 9.17) is 11.6 Å². The van der Waals surface area contributed by atoms with E-state index < -0.39 is 4.92 Å². The molecule has 0 N–H and O–H groups in total. The molecule has 0 aliphatic carbocycles. The first kappa shape index (κ1) is 9.56. The van der Waals surface area contributed by atoms with Gasteiger partial charge >= 0.3 is 0 Å². The van der Waals surface area contributed by atoms with Crippen LogP contribution in [0.25, 0.3) is 0 Å². The van der Waals surface area contributed by atoms with Gasteiger partial charge in [-0.15, -0.1) is 5.92 Å². The topological polar surface area (TPSA) is 43.1 Å². The number of rotatable bonds is 1. The van der Waals surface area contributed by atoms with Gasteiger partial charge in [0.05, 0.1) is 9.95 Å². The Bertz CT molecular complexity index is 404. The van der Waals surface area contributed by atoms with Crippen LogP contribution in [0.4, 0.5) is 5.69 Å². The molecule has 0 amide bonds. The van der Waals surface area contributed by atoms with Crippen molar-refractivity contribution in [2.75, 3.05) is 0 Å². The molecule has 3 nitrogen and oxygen atoms in total. The van der Waals surface area contributed by atoms with Gasteiger partial charge in [-0.3, -0.25) is 10.1 Å². The van der Waals surface area contributed by atoms with E-state index in [1.54, 1.807) is 13.0 Å². The van der Waals surface area contributed by atoms with Crippen LogP contribution in [-0.4, -0.2) is 4.92 Å². The highest BCUT2D eigenvalue weighted by Crippen LogP contribution is 2.24. The van der Waals surface area contributed by atoms with E-state index in [0.717, 1.165) is 0 Å². The zero-order chi connectivity index (χ0) is 9.84. The van der Waals surface area contributed by atoms with E-state index in [2.05, 4.69) is 11.8 Å². The number of halogens is 1. The fraction of sp³-hybridized carbons (Fsp3) is 0.111. The van der Waals surface area contributed by atoms with Crippen molar-refractivity contribution in [1.29, 1.82) is 0 Å². The molecule has 0 saturated carbocycles. The lowest BCUT2D eigenvalue weighted by atomic mass is 10.2. The van der Waals surface area contributed by atoms with Crippen LogP contribution in [0.15, 0.2) is 18.2 Å². The Balaban J connectivity index is 3.39. The van der Waals surface area contributed by atoms with Gasteiger partial charge in [-0.1, -0.05) is 23.6 Å². The summed E-state index contributed by atoms with van der Waals surface area (Å²) in [6.45, 7) is 1.60. The summed E-state index contributed by atoms with van der Waals surface area (Å²) in [6.07, 6.45) is 0. The molecule has 13 heavy (non-hydrogen) atoms. The predicted octanol–water partition coefficient (Wildman–Crippen LogP) is 2.62. The summed E-state index contributed by atoms with van der Waals surface area (Å²) in [7, 11) is 0. The fourth-order valence-corrected chi connectivity index (χ4v) is 1.13. The Hall–Kier alpha value is -1.53. The summed E-state index contributed by atoms with van der Waals surface area (Å²) < 4.78 is 0. The second kappa shape index (κ2) is 3.92. The van der Waals surface area contributed by atoms with Crippen molar-refractivity contribution in [3.05, 3.63) is 38.9 Å². The maximum atomic E-state index is 10.5. The summed E-state index contributed by atoms with van der Waals surface area (Å²) in [5.74, 6) is 5.18. The molecule has 1 aromatic rings. The van der Waals surface area contributed by atoms with Gasteiger partial charge < -0.3 is 0 Å². The largest absolute Gasteiger partial charge is 0.286 e. The van der Waals surface area contributed by atoms with Crippen molar-refractivity contribution in [3.8, 4) is 11.8 Å². The monoisotopic (exact) mass is 195 g/mol. The van der Waals surface area contributed by atoms with E-state index in [9.17, 15) is 10.1 Å². The molecule has 1 aromatic carbocycles. The third-order valence-electron chi connectivity index (χ3n) is 1.44. The SMILES string of the molecule is CC#Cc1c(Cl)cccc1[N+](=O)[O-]. The second-order valence-electron chi connectivity index (χ2n) is 2.27. The lowest BCUT2D eigenvalue weighted by Crippen LogP contribution is -1.92. The molecule has 0 aromatic heterocycles. The standard InChI is InChI=1S/C9H6ClNO2/c1-2-4-7-8(10)5-3-6-9(7)11(12)13/h3,5-6H,1H3. The normalized spacial score (nSPS) is 8.77. The van der Waals surface area contributed by atoms with Crippen LogP contribution in [0.1, 0.15) is 12.5 Å². The van der Waals surface area contributed by atoms with Gasteiger partial charge in [0, 0.05) is 6.07 Å². The second-order valence-corrected chi connectivity index (χ2v) is 2.67. The molecule has 0 saturated heterocycles. The average molecular weight is 196 g/mol. The number of hydrogen-bond acceptors (Lipinski definition) is 2. The molecule has 0 fully saturated rings. The average Bonchev–Trinajstić information content (AvgIpc) is 2.08. The minimum absolute atomic E-state index is 0.0538. The number of nitrogens with zero attached hydrogens (tertiary/aromatic N) is 1. The van der Waals surface area contributed by atoms with Gasteiger partial charge in [-0.2, -0.15) is 0 Å². The Morgan fingerprint density at radius 3 is 2.77 bits per heavy atom. The van der Waals surface area contributed by atoms with Gasteiger partial charge in [-0.05, 0) is 13.0 Å². The first-order valence-electron chi connectivity index (χ1n) is 3.52. The van der Waals surface area contributed by atoms with E-state index >= 15 is 0 Å². The molecule has 1 rings (SSSR count). The highest BCUT2D eigenvalue weighted by molar-refractivity contribution is 6.32. The van der Waals surface area contributed by atoms with Crippen molar-refractivity contribution < 1.29 is 4.92 Å². The number of nitro benzene ring substituents is 1. The van der Waals surface area contributed by atoms with Crippen molar-refractivity contribution in [2.45, 2.75) is 6.92 Å². The van der Waals surface area contributed by atoms with Gasteiger partial charge in [0.15, 0.2) is 0 Å². The minimum Gasteiger partial charge on any atom is -0.258 e. The maximum Gasteiger partial charge on any atom is 0.286 e. The predicted molar refractivity (Wildman–Crippen MR) is 50.7 cm³/mol. The van der Waals surface area contributed by atoms with E-state index in [0.29, 0.717) is 5.02 Å². The van der Waals surface area contributed by atoms with Crippen LogP contribution < -0.4 is 0 Å². The number of hydrogen-bond donors (Lipinski definition) is 0. The molecule has 0 radical (unpaired) electrons. The van der Waals surface area contributed by atoms with Crippen molar-refractivity contribution in [1.82, 2.24) is 0 Å². The Kier molecular flexibility index (Phi) is 2.88. The van der Waals surface area contributed by atoms with Crippen molar-refractivity contribution in [2.24, 2.45) is 0 Å². The molecule has 0 aliphatic rings. The third-order valence-corrected chi connectivity index (χ3v) is 1.75.